The van der Waals surface area contributed by atoms with Crippen molar-refractivity contribution in [3.05, 3.63) is 39.7 Å². The van der Waals surface area contributed by atoms with Gasteiger partial charge in [-0.15, -0.1) is 0 Å². The second-order valence-electron chi connectivity index (χ2n) is 6.24. The maximum Gasteiger partial charge on any atom is 0.264 e. The molecule has 1 saturated heterocycles. The number of phenols is 1. The molecule has 1 aliphatic heterocycles. The number of amidine groups is 1. The molecule has 4 rings (SSSR count). The van der Waals surface area contributed by atoms with Crippen molar-refractivity contribution in [1.29, 1.82) is 0 Å². The summed E-state index contributed by atoms with van der Waals surface area (Å²) in [6.45, 7) is 1.84. The summed E-state index contributed by atoms with van der Waals surface area (Å²) in [5.74, 6) is -0.0451. The number of thiazole rings is 1. The molecule has 0 bridgehead atoms. The summed E-state index contributed by atoms with van der Waals surface area (Å²) >= 11 is 2.63. The molecule has 2 aliphatic rings. The highest BCUT2D eigenvalue weighted by Gasteiger charge is 2.31. The Bertz CT molecular complexity index is 979. The van der Waals surface area contributed by atoms with Crippen LogP contribution >= 0.6 is 23.1 Å². The van der Waals surface area contributed by atoms with Gasteiger partial charge in [0.25, 0.3) is 5.91 Å². The Kier molecular flexibility index (Phi) is 4.71. The van der Waals surface area contributed by atoms with Gasteiger partial charge in [0.2, 0.25) is 6.41 Å². The van der Waals surface area contributed by atoms with Gasteiger partial charge in [-0.25, -0.2) is 9.98 Å². The second kappa shape index (κ2) is 7.16. The Hall–Kier alpha value is -2.65. The van der Waals surface area contributed by atoms with Crippen molar-refractivity contribution < 1.29 is 14.7 Å². The number of aromatic hydroxyl groups is 1. The SMILES string of the molecule is Cc1cc(O)ccc1/N=C1/NC(=O)/C(=C/c2cnc(N(C=O)C3CC3)s2)S1. The zero-order valence-corrected chi connectivity index (χ0v) is 16.0. The molecule has 0 spiro atoms. The van der Waals surface area contributed by atoms with E-state index in [1.807, 2.05) is 6.92 Å². The summed E-state index contributed by atoms with van der Waals surface area (Å²) in [5.41, 5.74) is 1.50. The van der Waals surface area contributed by atoms with Crippen LogP contribution in [0.5, 0.6) is 5.75 Å². The third-order valence-electron chi connectivity index (χ3n) is 4.11. The fraction of sp³-hybridized carbons (Fsp3) is 0.222. The number of anilines is 1. The number of nitrogens with one attached hydrogen (secondary N) is 1. The van der Waals surface area contributed by atoms with Gasteiger partial charge in [0.15, 0.2) is 10.3 Å². The third-order valence-corrected chi connectivity index (χ3v) is 5.98. The number of carbonyl (C=O) groups is 2. The number of aryl methyl sites for hydroxylation is 1. The molecular weight excluding hydrogens is 384 g/mol. The van der Waals surface area contributed by atoms with E-state index >= 15 is 0 Å². The van der Waals surface area contributed by atoms with Gasteiger partial charge in [-0.1, -0.05) is 11.3 Å². The molecule has 138 valence electrons. The van der Waals surface area contributed by atoms with E-state index < -0.39 is 0 Å². The molecule has 1 aromatic carbocycles. The van der Waals surface area contributed by atoms with Crippen LogP contribution in [0.4, 0.5) is 10.8 Å². The van der Waals surface area contributed by atoms with E-state index in [0.717, 1.165) is 29.7 Å². The molecule has 9 heteroatoms. The van der Waals surface area contributed by atoms with E-state index in [0.29, 0.717) is 20.9 Å². The van der Waals surface area contributed by atoms with Gasteiger partial charge < -0.3 is 10.4 Å². The number of aromatic nitrogens is 1. The third kappa shape index (κ3) is 3.88. The van der Waals surface area contributed by atoms with Gasteiger partial charge in [-0.2, -0.15) is 0 Å². The van der Waals surface area contributed by atoms with Gasteiger partial charge in [0, 0.05) is 12.2 Å². The molecule has 2 amide bonds. The lowest BCUT2D eigenvalue weighted by Crippen LogP contribution is -2.22. The van der Waals surface area contributed by atoms with Crippen molar-refractivity contribution in [2.24, 2.45) is 4.99 Å². The van der Waals surface area contributed by atoms with E-state index in [1.165, 1.54) is 23.1 Å². The van der Waals surface area contributed by atoms with Crippen molar-refractivity contribution in [3.8, 4) is 5.75 Å². The minimum Gasteiger partial charge on any atom is -0.508 e. The fourth-order valence-electron chi connectivity index (χ4n) is 2.59. The molecule has 7 nitrogen and oxygen atoms in total. The lowest BCUT2D eigenvalue weighted by molar-refractivity contribution is -0.115. The monoisotopic (exact) mass is 400 g/mol. The number of hydrogen-bond acceptors (Lipinski definition) is 7. The van der Waals surface area contributed by atoms with Crippen LogP contribution in [0, 0.1) is 6.92 Å². The van der Waals surface area contributed by atoms with Gasteiger partial charge in [0.05, 0.1) is 15.5 Å². The highest BCUT2D eigenvalue weighted by Crippen LogP contribution is 2.35. The highest BCUT2D eigenvalue weighted by atomic mass is 32.2. The average Bonchev–Trinajstić information content (AvgIpc) is 3.26. The first-order valence-corrected chi connectivity index (χ1v) is 9.95. The zero-order valence-electron chi connectivity index (χ0n) is 14.4. The molecule has 2 heterocycles. The first-order valence-electron chi connectivity index (χ1n) is 8.32. The molecule has 1 aromatic heterocycles. The van der Waals surface area contributed by atoms with E-state index in [4.69, 9.17) is 0 Å². The number of nitrogens with zero attached hydrogens (tertiary/aromatic N) is 3. The van der Waals surface area contributed by atoms with E-state index in [2.05, 4.69) is 15.3 Å². The van der Waals surface area contributed by atoms with Crippen LogP contribution < -0.4 is 10.2 Å². The molecule has 2 fully saturated rings. The number of phenolic OH excluding ortho intramolecular Hbond substituents is 1. The minimum atomic E-state index is -0.223. The lowest BCUT2D eigenvalue weighted by Gasteiger charge is -2.11. The van der Waals surface area contributed by atoms with Crippen LogP contribution in [0.1, 0.15) is 23.3 Å². The first-order chi connectivity index (χ1) is 13.0. The largest absolute Gasteiger partial charge is 0.508 e. The summed E-state index contributed by atoms with van der Waals surface area (Å²) in [6.07, 6.45) is 6.24. The molecular formula is C18H16N4O3S2. The number of thioether (sulfide) groups is 1. The van der Waals surface area contributed by atoms with Crippen LogP contribution in [0.2, 0.25) is 0 Å². The van der Waals surface area contributed by atoms with Crippen molar-refractivity contribution in [1.82, 2.24) is 10.3 Å². The van der Waals surface area contributed by atoms with Crippen molar-refractivity contribution in [2.75, 3.05) is 4.90 Å². The average molecular weight is 400 g/mol. The summed E-state index contributed by atoms with van der Waals surface area (Å²) in [4.78, 5) is 35.2. The number of rotatable bonds is 5. The molecule has 2 aromatic rings. The molecule has 0 atom stereocenters. The maximum atomic E-state index is 12.2. The molecule has 2 N–H and O–H groups in total. The second-order valence-corrected chi connectivity index (χ2v) is 8.31. The number of carbonyl (C=O) groups excluding carboxylic acids is 2. The van der Waals surface area contributed by atoms with E-state index in [9.17, 15) is 14.7 Å². The van der Waals surface area contributed by atoms with Gasteiger partial charge >= 0.3 is 0 Å². The Labute approximate surface area is 163 Å². The smallest absolute Gasteiger partial charge is 0.264 e. The van der Waals surface area contributed by atoms with Crippen molar-refractivity contribution >= 4 is 57.5 Å². The van der Waals surface area contributed by atoms with Crippen LogP contribution in [0.15, 0.2) is 34.3 Å². The number of benzene rings is 1. The topological polar surface area (TPSA) is 94.9 Å². The molecule has 1 saturated carbocycles. The molecule has 0 unspecified atom stereocenters. The molecule has 0 radical (unpaired) electrons. The van der Waals surface area contributed by atoms with E-state index in [1.54, 1.807) is 35.4 Å². The normalized spacial score (nSPS) is 19.5. The summed E-state index contributed by atoms with van der Waals surface area (Å²) < 4.78 is 0. The first kappa shape index (κ1) is 17.7. The Morgan fingerprint density at radius 1 is 1.41 bits per heavy atom. The van der Waals surface area contributed by atoms with Gasteiger partial charge in [-0.3, -0.25) is 14.5 Å². The number of amides is 2. The summed E-state index contributed by atoms with van der Waals surface area (Å²) in [6, 6.07) is 5.13. The molecule has 27 heavy (non-hydrogen) atoms. The van der Waals surface area contributed by atoms with Crippen LogP contribution in [-0.4, -0.2) is 33.6 Å². The predicted molar refractivity (Wildman–Crippen MR) is 107 cm³/mol. The summed E-state index contributed by atoms with van der Waals surface area (Å²) in [7, 11) is 0. The standard InChI is InChI=1S/C18H16N4O3S2/c1-10-6-12(24)4-5-14(10)20-17-21-16(25)15(27-17)7-13-8-19-18(26-13)22(9-23)11-2-3-11/h4-9,11,24H,2-3H2,1H3,(H,20,21,25)/b15-7-. The van der Waals surface area contributed by atoms with Crippen LogP contribution in [0.25, 0.3) is 6.08 Å². The highest BCUT2D eigenvalue weighted by molar-refractivity contribution is 8.18. The van der Waals surface area contributed by atoms with Crippen molar-refractivity contribution in [2.45, 2.75) is 25.8 Å². The minimum absolute atomic E-state index is 0.178. The lowest BCUT2D eigenvalue weighted by atomic mass is 10.2. The van der Waals surface area contributed by atoms with Gasteiger partial charge in [0.1, 0.15) is 5.75 Å². The fourth-order valence-corrected chi connectivity index (χ4v) is 4.38. The zero-order chi connectivity index (χ0) is 19.0. The quantitative estimate of drug-likeness (QED) is 0.594. The Morgan fingerprint density at radius 3 is 2.93 bits per heavy atom. The van der Waals surface area contributed by atoms with Crippen LogP contribution in [-0.2, 0) is 9.59 Å². The Balaban J connectivity index is 1.53. The van der Waals surface area contributed by atoms with Crippen LogP contribution in [0.3, 0.4) is 0 Å². The predicted octanol–water partition coefficient (Wildman–Crippen LogP) is 3.17. The number of hydrogen-bond donors (Lipinski definition) is 2. The maximum absolute atomic E-state index is 12.2. The number of aliphatic imine (C=N–C) groups is 1. The van der Waals surface area contributed by atoms with Crippen molar-refractivity contribution in [3.63, 3.8) is 0 Å². The summed E-state index contributed by atoms with van der Waals surface area (Å²) in [5, 5.41) is 13.4. The van der Waals surface area contributed by atoms with E-state index in [-0.39, 0.29) is 17.7 Å². The Morgan fingerprint density at radius 2 is 2.22 bits per heavy atom. The molecule has 1 aliphatic carbocycles. The van der Waals surface area contributed by atoms with Gasteiger partial charge in [-0.05, 0) is 61.4 Å².